The zero-order valence-electron chi connectivity index (χ0n) is 11.3. The molecule has 2 atom stereocenters. The highest BCUT2D eigenvalue weighted by Gasteiger charge is 2.27. The average molecular weight is 335 g/mol. The molecule has 1 aromatic carbocycles. The molecule has 3 N–H and O–H groups in total. The summed E-state index contributed by atoms with van der Waals surface area (Å²) in [5.74, 6) is 0. The van der Waals surface area contributed by atoms with Crippen molar-refractivity contribution in [3.05, 3.63) is 23.2 Å². The van der Waals surface area contributed by atoms with Crippen LogP contribution in [0.3, 0.4) is 0 Å². The van der Waals surface area contributed by atoms with E-state index in [2.05, 4.69) is 11.0 Å². The van der Waals surface area contributed by atoms with Crippen LogP contribution in [0.25, 0.3) is 0 Å². The van der Waals surface area contributed by atoms with Crippen molar-refractivity contribution in [2.45, 2.75) is 41.9 Å². The second-order valence-electron chi connectivity index (χ2n) is 5.02. The van der Waals surface area contributed by atoms with Crippen LogP contribution in [0.2, 0.25) is 5.02 Å². The lowest BCUT2D eigenvalue weighted by Gasteiger charge is -2.28. The minimum atomic E-state index is -3.61. The first kappa shape index (κ1) is 15.9. The maximum atomic E-state index is 12.4. The first-order chi connectivity index (χ1) is 9.42. The van der Waals surface area contributed by atoms with Crippen molar-refractivity contribution in [1.82, 2.24) is 4.72 Å². The molecule has 4 nitrogen and oxygen atoms in total. The normalized spacial score (nSPS) is 23.7. The third kappa shape index (κ3) is 3.81. The standard InChI is InChI=1S/C13H19ClN2O2S2/c1-19-11-4-2-3-10(8-11)16-20(17,18)13-7-9(14)5-6-12(13)15/h5-7,10-11,16H,2-4,8,15H2,1H3. The number of sulfonamides is 1. The highest BCUT2D eigenvalue weighted by Crippen LogP contribution is 2.29. The fraction of sp³-hybridized carbons (Fsp3) is 0.538. The van der Waals surface area contributed by atoms with E-state index in [1.807, 2.05) is 0 Å². The van der Waals surface area contributed by atoms with Gasteiger partial charge in [-0.15, -0.1) is 0 Å². The van der Waals surface area contributed by atoms with Gasteiger partial charge in [0.2, 0.25) is 10.0 Å². The van der Waals surface area contributed by atoms with Crippen molar-refractivity contribution >= 4 is 39.1 Å². The Labute approximate surface area is 129 Å². The quantitative estimate of drug-likeness (QED) is 0.830. The van der Waals surface area contributed by atoms with Crippen LogP contribution < -0.4 is 10.5 Å². The Bertz CT molecular complexity index is 578. The fourth-order valence-corrected chi connectivity index (χ4v) is 4.99. The second kappa shape index (κ2) is 6.56. The smallest absolute Gasteiger partial charge is 0.242 e. The molecule has 20 heavy (non-hydrogen) atoms. The second-order valence-corrected chi connectivity index (χ2v) is 8.28. The molecule has 0 amide bonds. The lowest BCUT2D eigenvalue weighted by atomic mass is 9.96. The molecule has 0 spiro atoms. The number of rotatable bonds is 4. The molecule has 1 saturated carbocycles. The van der Waals surface area contributed by atoms with E-state index in [-0.39, 0.29) is 16.6 Å². The molecule has 0 aromatic heterocycles. The Morgan fingerprint density at radius 3 is 2.85 bits per heavy atom. The zero-order chi connectivity index (χ0) is 14.8. The molecule has 0 bridgehead atoms. The summed E-state index contributed by atoms with van der Waals surface area (Å²) in [7, 11) is -3.61. The van der Waals surface area contributed by atoms with Crippen LogP contribution in [-0.2, 0) is 10.0 Å². The van der Waals surface area contributed by atoms with Gasteiger partial charge in [-0.2, -0.15) is 11.8 Å². The van der Waals surface area contributed by atoms with E-state index in [0.29, 0.717) is 10.3 Å². The number of nitrogens with one attached hydrogen (secondary N) is 1. The Morgan fingerprint density at radius 1 is 1.40 bits per heavy atom. The molecule has 1 fully saturated rings. The number of anilines is 1. The van der Waals surface area contributed by atoms with Crippen molar-refractivity contribution in [2.24, 2.45) is 0 Å². The SMILES string of the molecule is CSC1CCCC(NS(=O)(=O)c2cc(Cl)ccc2N)C1. The molecule has 0 radical (unpaired) electrons. The van der Waals surface area contributed by atoms with Crippen LogP contribution in [0.15, 0.2) is 23.1 Å². The van der Waals surface area contributed by atoms with Gasteiger partial charge >= 0.3 is 0 Å². The first-order valence-electron chi connectivity index (χ1n) is 6.52. The summed E-state index contributed by atoms with van der Waals surface area (Å²) in [4.78, 5) is 0.0660. The van der Waals surface area contributed by atoms with Gasteiger partial charge in [-0.25, -0.2) is 13.1 Å². The maximum absolute atomic E-state index is 12.4. The first-order valence-corrected chi connectivity index (χ1v) is 9.67. The highest BCUT2D eigenvalue weighted by molar-refractivity contribution is 7.99. The van der Waals surface area contributed by atoms with Gasteiger partial charge in [-0.05, 0) is 43.7 Å². The largest absolute Gasteiger partial charge is 0.398 e. The van der Waals surface area contributed by atoms with Gasteiger partial charge in [-0.1, -0.05) is 18.0 Å². The summed E-state index contributed by atoms with van der Waals surface area (Å²) in [5.41, 5.74) is 5.97. The minimum Gasteiger partial charge on any atom is -0.398 e. The highest BCUT2D eigenvalue weighted by atomic mass is 35.5. The minimum absolute atomic E-state index is 0.0235. The molecule has 2 unspecified atom stereocenters. The van der Waals surface area contributed by atoms with E-state index in [9.17, 15) is 8.42 Å². The van der Waals surface area contributed by atoms with Crippen LogP contribution in [0.1, 0.15) is 25.7 Å². The third-order valence-corrected chi connectivity index (χ3v) is 6.45. The van der Waals surface area contributed by atoms with Crippen molar-refractivity contribution in [3.8, 4) is 0 Å². The number of hydrogen-bond acceptors (Lipinski definition) is 4. The average Bonchev–Trinajstić information content (AvgIpc) is 2.41. The Kier molecular flexibility index (Phi) is 5.23. The maximum Gasteiger partial charge on any atom is 0.242 e. The van der Waals surface area contributed by atoms with Crippen molar-refractivity contribution in [3.63, 3.8) is 0 Å². The summed E-state index contributed by atoms with van der Waals surface area (Å²) >= 11 is 7.66. The number of benzene rings is 1. The molecule has 1 aliphatic rings. The number of halogens is 1. The molecule has 7 heteroatoms. The summed E-state index contributed by atoms with van der Waals surface area (Å²) in [5, 5.41) is 0.887. The molecule has 0 heterocycles. The van der Waals surface area contributed by atoms with E-state index in [1.54, 1.807) is 17.8 Å². The number of nitrogen functional groups attached to an aromatic ring is 1. The Morgan fingerprint density at radius 2 is 2.15 bits per heavy atom. The van der Waals surface area contributed by atoms with Crippen LogP contribution in [0, 0.1) is 0 Å². The molecule has 0 aliphatic heterocycles. The van der Waals surface area contributed by atoms with E-state index >= 15 is 0 Å². The summed E-state index contributed by atoms with van der Waals surface area (Å²) in [6.07, 6.45) is 6.00. The van der Waals surface area contributed by atoms with Crippen molar-refractivity contribution in [2.75, 3.05) is 12.0 Å². The van der Waals surface area contributed by atoms with Crippen LogP contribution in [0.5, 0.6) is 0 Å². The van der Waals surface area contributed by atoms with Gasteiger partial charge in [0.05, 0.1) is 5.69 Å². The predicted octanol–water partition coefficient (Wildman–Crippen LogP) is 2.87. The lowest BCUT2D eigenvalue weighted by Crippen LogP contribution is -2.39. The van der Waals surface area contributed by atoms with Gasteiger partial charge in [0, 0.05) is 16.3 Å². The predicted molar refractivity (Wildman–Crippen MR) is 85.7 cm³/mol. The fourth-order valence-electron chi connectivity index (χ4n) is 2.49. The van der Waals surface area contributed by atoms with Gasteiger partial charge < -0.3 is 5.73 Å². The molecular formula is C13H19ClN2O2S2. The Hall–Kier alpha value is -0.430. The van der Waals surface area contributed by atoms with Crippen LogP contribution in [0.4, 0.5) is 5.69 Å². The molecular weight excluding hydrogens is 316 g/mol. The van der Waals surface area contributed by atoms with Gasteiger partial charge in [0.25, 0.3) is 0 Å². The zero-order valence-corrected chi connectivity index (χ0v) is 13.7. The summed E-state index contributed by atoms with van der Waals surface area (Å²) in [6, 6.07) is 4.47. The summed E-state index contributed by atoms with van der Waals surface area (Å²) in [6.45, 7) is 0. The van der Waals surface area contributed by atoms with Crippen LogP contribution >= 0.6 is 23.4 Å². The number of hydrogen-bond donors (Lipinski definition) is 2. The number of nitrogens with two attached hydrogens (primary N) is 1. The monoisotopic (exact) mass is 334 g/mol. The van der Waals surface area contributed by atoms with Gasteiger partial charge in [0.15, 0.2) is 0 Å². The van der Waals surface area contributed by atoms with Crippen molar-refractivity contribution < 1.29 is 8.42 Å². The molecule has 2 rings (SSSR count). The topological polar surface area (TPSA) is 72.2 Å². The van der Waals surface area contributed by atoms with Gasteiger partial charge in [-0.3, -0.25) is 0 Å². The third-order valence-electron chi connectivity index (χ3n) is 3.55. The molecule has 1 aromatic rings. The van der Waals surface area contributed by atoms with E-state index in [4.69, 9.17) is 17.3 Å². The van der Waals surface area contributed by atoms with E-state index in [1.165, 1.54) is 12.1 Å². The van der Waals surface area contributed by atoms with Gasteiger partial charge in [0.1, 0.15) is 4.90 Å². The number of thioether (sulfide) groups is 1. The van der Waals surface area contributed by atoms with E-state index < -0.39 is 10.0 Å². The molecule has 0 saturated heterocycles. The lowest BCUT2D eigenvalue weighted by molar-refractivity contribution is 0.421. The van der Waals surface area contributed by atoms with Crippen molar-refractivity contribution in [1.29, 1.82) is 0 Å². The van der Waals surface area contributed by atoms with Crippen LogP contribution in [-0.4, -0.2) is 26.0 Å². The Balaban J connectivity index is 2.16. The van der Waals surface area contributed by atoms with E-state index in [0.717, 1.165) is 25.7 Å². The molecule has 112 valence electrons. The summed E-state index contributed by atoms with van der Waals surface area (Å²) < 4.78 is 27.6. The molecule has 1 aliphatic carbocycles.